The van der Waals surface area contributed by atoms with Crippen LogP contribution in [0.25, 0.3) is 0 Å². The van der Waals surface area contributed by atoms with Crippen molar-refractivity contribution in [1.82, 2.24) is 10.6 Å². The van der Waals surface area contributed by atoms with E-state index in [4.69, 9.17) is 9.47 Å². The second-order valence-electron chi connectivity index (χ2n) is 5.70. The van der Waals surface area contributed by atoms with Gasteiger partial charge in [0.25, 0.3) is 0 Å². The van der Waals surface area contributed by atoms with Gasteiger partial charge in [-0.2, -0.15) is 0 Å². The van der Waals surface area contributed by atoms with Crippen LogP contribution in [0.3, 0.4) is 0 Å². The van der Waals surface area contributed by atoms with Gasteiger partial charge in [0, 0.05) is 24.7 Å². The second kappa shape index (κ2) is 8.25. The normalized spacial score (nSPS) is 20.7. The van der Waals surface area contributed by atoms with E-state index in [1.807, 2.05) is 25.1 Å². The molecule has 2 N–H and O–H groups in total. The maximum Gasteiger partial charge on any atom is 0.227 e. The third-order valence-corrected chi connectivity index (χ3v) is 4.08. The zero-order valence-electron chi connectivity index (χ0n) is 13.4. The molecule has 6 heteroatoms. The molecule has 0 spiro atoms. The minimum Gasteiger partial charge on any atom is -0.497 e. The van der Waals surface area contributed by atoms with Crippen LogP contribution in [0.2, 0.25) is 0 Å². The fourth-order valence-corrected chi connectivity index (χ4v) is 2.64. The van der Waals surface area contributed by atoms with Crippen LogP contribution in [-0.2, 0) is 11.3 Å². The van der Waals surface area contributed by atoms with E-state index in [1.165, 1.54) is 0 Å². The van der Waals surface area contributed by atoms with Crippen molar-refractivity contribution in [2.45, 2.75) is 26.3 Å². The van der Waals surface area contributed by atoms with Crippen molar-refractivity contribution in [1.29, 1.82) is 0 Å². The Kier molecular flexibility index (Phi) is 6.97. The molecule has 1 heterocycles. The van der Waals surface area contributed by atoms with E-state index in [9.17, 15) is 4.79 Å². The van der Waals surface area contributed by atoms with Crippen molar-refractivity contribution in [2.75, 3.05) is 27.3 Å². The summed E-state index contributed by atoms with van der Waals surface area (Å²) in [5, 5.41) is 6.31. The molecule has 1 aliphatic heterocycles. The van der Waals surface area contributed by atoms with Gasteiger partial charge in [0.15, 0.2) is 0 Å². The van der Waals surface area contributed by atoms with Gasteiger partial charge in [-0.25, -0.2) is 0 Å². The molecule has 124 valence electrons. The first-order chi connectivity index (χ1) is 10.1. The summed E-state index contributed by atoms with van der Waals surface area (Å²) >= 11 is 0. The molecule has 1 unspecified atom stereocenters. The summed E-state index contributed by atoms with van der Waals surface area (Å²) in [5.41, 5.74) is 0.622. The van der Waals surface area contributed by atoms with E-state index in [-0.39, 0.29) is 23.7 Å². The van der Waals surface area contributed by atoms with Gasteiger partial charge in [0.05, 0.1) is 19.6 Å². The number of rotatable bonds is 5. The zero-order chi connectivity index (χ0) is 15.3. The van der Waals surface area contributed by atoms with Crippen LogP contribution < -0.4 is 20.1 Å². The molecular weight excluding hydrogens is 304 g/mol. The molecule has 0 aliphatic carbocycles. The highest BCUT2D eigenvalue weighted by atomic mass is 35.5. The molecular formula is C16H25ClN2O3. The number of hydrogen-bond donors (Lipinski definition) is 2. The highest BCUT2D eigenvalue weighted by molar-refractivity contribution is 5.85. The van der Waals surface area contributed by atoms with Gasteiger partial charge in [-0.1, -0.05) is 0 Å². The summed E-state index contributed by atoms with van der Waals surface area (Å²) in [6.45, 7) is 4.20. The van der Waals surface area contributed by atoms with Crippen molar-refractivity contribution in [2.24, 2.45) is 5.41 Å². The summed E-state index contributed by atoms with van der Waals surface area (Å²) in [5.74, 6) is 1.56. The van der Waals surface area contributed by atoms with Gasteiger partial charge >= 0.3 is 0 Å². The van der Waals surface area contributed by atoms with Gasteiger partial charge in [-0.05, 0) is 38.4 Å². The predicted octanol–water partition coefficient (Wildman–Crippen LogP) is 2.13. The summed E-state index contributed by atoms with van der Waals surface area (Å²) in [7, 11) is 3.24. The van der Waals surface area contributed by atoms with Crippen LogP contribution in [0, 0.1) is 5.41 Å². The van der Waals surface area contributed by atoms with Crippen molar-refractivity contribution in [3.63, 3.8) is 0 Å². The van der Waals surface area contributed by atoms with Crippen molar-refractivity contribution < 1.29 is 14.3 Å². The third kappa shape index (κ3) is 4.27. The van der Waals surface area contributed by atoms with E-state index >= 15 is 0 Å². The summed E-state index contributed by atoms with van der Waals surface area (Å²) < 4.78 is 10.5. The monoisotopic (exact) mass is 328 g/mol. The Balaban J connectivity index is 0.00000242. The molecule has 0 saturated carbocycles. The Morgan fingerprint density at radius 3 is 2.73 bits per heavy atom. The first kappa shape index (κ1) is 18.6. The standard InChI is InChI=1S/C16H24N2O3.ClH/c1-16(7-4-8-17-11-16)15(19)18-10-12-5-6-13(20-2)9-14(12)21-3;/h5-6,9,17H,4,7-8,10-11H2,1-3H3,(H,18,19);1H. The number of methoxy groups -OCH3 is 2. The Labute approximate surface area is 138 Å². The SMILES string of the molecule is COc1ccc(CNC(=O)C2(C)CCCNC2)c(OC)c1.Cl. The lowest BCUT2D eigenvalue weighted by Gasteiger charge is -2.32. The van der Waals surface area contributed by atoms with Crippen molar-refractivity contribution in [3.05, 3.63) is 23.8 Å². The highest BCUT2D eigenvalue weighted by Crippen LogP contribution is 2.27. The number of amides is 1. The number of carbonyl (C=O) groups is 1. The van der Waals surface area contributed by atoms with E-state index in [0.29, 0.717) is 6.54 Å². The minimum atomic E-state index is -0.321. The van der Waals surface area contributed by atoms with Gasteiger partial charge in [-0.3, -0.25) is 4.79 Å². The zero-order valence-corrected chi connectivity index (χ0v) is 14.2. The lowest BCUT2D eigenvalue weighted by molar-refractivity contribution is -0.131. The Morgan fingerprint density at radius 2 is 2.14 bits per heavy atom. The van der Waals surface area contributed by atoms with E-state index in [1.54, 1.807) is 14.2 Å². The molecule has 0 aromatic heterocycles. The molecule has 22 heavy (non-hydrogen) atoms. The molecule has 1 fully saturated rings. The molecule has 0 bridgehead atoms. The van der Waals surface area contributed by atoms with Crippen LogP contribution in [-0.4, -0.2) is 33.2 Å². The molecule has 1 aliphatic rings. The van der Waals surface area contributed by atoms with E-state index in [0.717, 1.165) is 43.0 Å². The van der Waals surface area contributed by atoms with Crippen molar-refractivity contribution >= 4 is 18.3 Å². The smallest absolute Gasteiger partial charge is 0.227 e. The van der Waals surface area contributed by atoms with Crippen LogP contribution >= 0.6 is 12.4 Å². The third-order valence-electron chi connectivity index (χ3n) is 4.08. The number of halogens is 1. The molecule has 5 nitrogen and oxygen atoms in total. The Morgan fingerprint density at radius 1 is 1.36 bits per heavy atom. The van der Waals surface area contributed by atoms with Gasteiger partial charge in [-0.15, -0.1) is 12.4 Å². The Hall–Kier alpha value is -1.46. The minimum absolute atomic E-state index is 0. The van der Waals surface area contributed by atoms with Gasteiger partial charge in [0.1, 0.15) is 11.5 Å². The van der Waals surface area contributed by atoms with Crippen LogP contribution in [0.5, 0.6) is 11.5 Å². The predicted molar refractivity (Wildman–Crippen MR) is 88.9 cm³/mol. The van der Waals surface area contributed by atoms with Crippen LogP contribution in [0.15, 0.2) is 18.2 Å². The topological polar surface area (TPSA) is 59.6 Å². The summed E-state index contributed by atoms with van der Waals surface area (Å²) in [6, 6.07) is 5.61. The van der Waals surface area contributed by atoms with E-state index in [2.05, 4.69) is 10.6 Å². The summed E-state index contributed by atoms with van der Waals surface area (Å²) in [4.78, 5) is 12.4. The molecule has 0 radical (unpaired) electrons. The average Bonchev–Trinajstić information content (AvgIpc) is 2.53. The quantitative estimate of drug-likeness (QED) is 0.869. The molecule has 1 aromatic carbocycles. The second-order valence-corrected chi connectivity index (χ2v) is 5.70. The largest absolute Gasteiger partial charge is 0.497 e. The number of hydrogen-bond acceptors (Lipinski definition) is 4. The van der Waals surface area contributed by atoms with Crippen molar-refractivity contribution in [3.8, 4) is 11.5 Å². The fraction of sp³-hybridized carbons (Fsp3) is 0.562. The molecule has 1 amide bonds. The maximum absolute atomic E-state index is 12.4. The molecule has 1 aromatic rings. The number of ether oxygens (including phenoxy) is 2. The summed E-state index contributed by atoms with van der Waals surface area (Å²) in [6.07, 6.45) is 1.96. The fourth-order valence-electron chi connectivity index (χ4n) is 2.64. The number of carbonyl (C=O) groups excluding carboxylic acids is 1. The number of nitrogens with one attached hydrogen (secondary N) is 2. The highest BCUT2D eigenvalue weighted by Gasteiger charge is 2.34. The number of piperidine rings is 1. The Bertz CT molecular complexity index is 502. The van der Waals surface area contributed by atoms with Gasteiger partial charge < -0.3 is 20.1 Å². The lowest BCUT2D eigenvalue weighted by Crippen LogP contribution is -2.48. The van der Waals surface area contributed by atoms with Crippen LogP contribution in [0.1, 0.15) is 25.3 Å². The first-order valence-corrected chi connectivity index (χ1v) is 7.29. The maximum atomic E-state index is 12.4. The number of benzene rings is 1. The molecule has 2 rings (SSSR count). The van der Waals surface area contributed by atoms with E-state index < -0.39 is 0 Å². The molecule has 1 atom stereocenters. The average molecular weight is 329 g/mol. The lowest BCUT2D eigenvalue weighted by atomic mass is 9.82. The molecule has 1 saturated heterocycles. The van der Waals surface area contributed by atoms with Crippen LogP contribution in [0.4, 0.5) is 0 Å². The van der Waals surface area contributed by atoms with Gasteiger partial charge in [0.2, 0.25) is 5.91 Å². The first-order valence-electron chi connectivity index (χ1n) is 7.29.